The van der Waals surface area contributed by atoms with Gasteiger partial charge in [-0.1, -0.05) is 182 Å². The Kier molecular flexibility index (Phi) is 9.17. The number of anilines is 3. The summed E-state index contributed by atoms with van der Waals surface area (Å²) in [7, 11) is 0. The lowest BCUT2D eigenvalue weighted by Gasteiger charge is -2.27. The molecule has 0 spiro atoms. The number of hydrogen-bond donors (Lipinski definition) is 0. The fraction of sp³-hybridized carbons (Fsp3) is 0. The third kappa shape index (κ3) is 6.67. The van der Waals surface area contributed by atoms with Gasteiger partial charge in [0.1, 0.15) is 16.7 Å². The summed E-state index contributed by atoms with van der Waals surface area (Å²) in [4.78, 5) is 2.36. The molecule has 3 nitrogen and oxygen atoms in total. The van der Waals surface area contributed by atoms with E-state index in [1.807, 2.05) is 0 Å². The Labute approximate surface area is 388 Å². The molecule has 3 heteroatoms. The fourth-order valence-corrected chi connectivity index (χ4v) is 10.0. The molecule has 0 radical (unpaired) electrons. The molecule has 0 unspecified atom stereocenters. The third-order valence-corrected chi connectivity index (χ3v) is 13.3. The largest absolute Gasteiger partial charge is 0.455 e. The summed E-state index contributed by atoms with van der Waals surface area (Å²) >= 11 is 0. The SMILES string of the molecule is c1ccc(-c2ccc3c(c2)oc2c(N(c4ccc(-c5cc6ccccc6cc5-c5ccccc5)cc4)c4ccc(-c5ccccc5)c5oc6cc(-c7ccccc7)ccc6c45)cccc23)cc1. The first-order valence-electron chi connectivity index (χ1n) is 22.8. The standard InChI is InChI=1S/C64H41NO2/c1-5-16-42(17-6-1)49-30-34-53-54-26-15-27-59(63(54)66-60(53)40-49)65(51-32-28-46(29-33-51)57-39-48-25-14-13-24-47(48)38-56(57)45-22-11-4-12-23-45)58-37-36-52(44-20-9-3-10-21-44)64-62(58)55-35-31-50(41-61(55)67-64)43-18-7-2-8-19-43/h1-41H. The van der Waals surface area contributed by atoms with Crippen molar-refractivity contribution >= 4 is 71.7 Å². The minimum absolute atomic E-state index is 0.812. The minimum Gasteiger partial charge on any atom is -0.455 e. The first-order chi connectivity index (χ1) is 33.2. The second kappa shape index (κ2) is 16.0. The summed E-state index contributed by atoms with van der Waals surface area (Å²) in [5.74, 6) is 0. The van der Waals surface area contributed by atoms with Gasteiger partial charge < -0.3 is 13.7 Å². The zero-order valence-electron chi connectivity index (χ0n) is 36.4. The predicted octanol–water partition coefficient (Wildman–Crippen LogP) is 18.4. The lowest BCUT2D eigenvalue weighted by Crippen LogP contribution is -2.11. The van der Waals surface area contributed by atoms with Gasteiger partial charge in [-0.05, 0) is 128 Å². The van der Waals surface area contributed by atoms with Crippen molar-refractivity contribution in [2.24, 2.45) is 0 Å². The highest BCUT2D eigenvalue weighted by atomic mass is 16.3. The minimum atomic E-state index is 0.812. The van der Waals surface area contributed by atoms with E-state index in [0.29, 0.717) is 0 Å². The van der Waals surface area contributed by atoms with Crippen LogP contribution in [0.4, 0.5) is 17.1 Å². The normalized spacial score (nSPS) is 11.6. The molecular weight excluding hydrogens is 815 g/mol. The maximum atomic E-state index is 7.07. The molecule has 0 atom stereocenters. The van der Waals surface area contributed by atoms with E-state index in [9.17, 15) is 0 Å². The first kappa shape index (κ1) is 38.5. The number of fused-ring (bicyclic) bond motifs is 7. The molecule has 0 N–H and O–H groups in total. The molecule has 0 aliphatic carbocycles. The Bertz CT molecular complexity index is 3950. The maximum absolute atomic E-state index is 7.07. The molecule has 13 rings (SSSR count). The Morgan fingerprint density at radius 1 is 0.269 bits per heavy atom. The zero-order valence-corrected chi connectivity index (χ0v) is 36.4. The molecule has 0 bridgehead atoms. The Morgan fingerprint density at radius 2 is 0.746 bits per heavy atom. The van der Waals surface area contributed by atoms with Gasteiger partial charge in [0.15, 0.2) is 5.58 Å². The van der Waals surface area contributed by atoms with E-state index >= 15 is 0 Å². The van der Waals surface area contributed by atoms with Crippen molar-refractivity contribution in [3.8, 4) is 55.6 Å². The molecule has 2 aromatic heterocycles. The second-order valence-electron chi connectivity index (χ2n) is 17.2. The lowest BCUT2D eigenvalue weighted by atomic mass is 9.91. The molecule has 0 saturated heterocycles. The molecule has 0 saturated carbocycles. The van der Waals surface area contributed by atoms with Crippen LogP contribution in [0.5, 0.6) is 0 Å². The molecule has 11 aromatic carbocycles. The Balaban J connectivity index is 1.06. The van der Waals surface area contributed by atoms with Crippen LogP contribution in [0.3, 0.4) is 0 Å². The number of benzene rings is 11. The van der Waals surface area contributed by atoms with Crippen LogP contribution in [0.1, 0.15) is 0 Å². The van der Waals surface area contributed by atoms with Gasteiger partial charge in [0.05, 0.1) is 16.8 Å². The smallest absolute Gasteiger partial charge is 0.159 e. The molecule has 0 aliphatic heterocycles. The number of hydrogen-bond acceptors (Lipinski definition) is 3. The van der Waals surface area contributed by atoms with Crippen LogP contribution in [0.2, 0.25) is 0 Å². The van der Waals surface area contributed by atoms with Crippen LogP contribution < -0.4 is 4.90 Å². The molecule has 0 aliphatic rings. The summed E-state index contributed by atoms with van der Waals surface area (Å²) in [6.07, 6.45) is 0. The van der Waals surface area contributed by atoms with Gasteiger partial charge in [0.2, 0.25) is 0 Å². The average molecular weight is 856 g/mol. The topological polar surface area (TPSA) is 29.5 Å². The summed E-state index contributed by atoms with van der Waals surface area (Å²) in [5, 5.41) is 6.62. The molecule has 2 heterocycles. The van der Waals surface area contributed by atoms with Gasteiger partial charge in [-0.3, -0.25) is 0 Å². The van der Waals surface area contributed by atoms with E-state index in [1.165, 1.54) is 27.5 Å². The van der Waals surface area contributed by atoms with Crippen molar-refractivity contribution in [1.29, 1.82) is 0 Å². The van der Waals surface area contributed by atoms with Crippen LogP contribution in [0, 0.1) is 0 Å². The van der Waals surface area contributed by atoms with Gasteiger partial charge >= 0.3 is 0 Å². The molecule has 0 amide bonds. The molecular formula is C64H41NO2. The number of rotatable bonds is 8. The second-order valence-corrected chi connectivity index (χ2v) is 17.2. The van der Waals surface area contributed by atoms with Crippen molar-refractivity contribution in [2.45, 2.75) is 0 Å². The highest BCUT2D eigenvalue weighted by molar-refractivity contribution is 6.19. The highest BCUT2D eigenvalue weighted by Gasteiger charge is 2.26. The fourth-order valence-electron chi connectivity index (χ4n) is 10.0. The molecule has 67 heavy (non-hydrogen) atoms. The van der Waals surface area contributed by atoms with E-state index in [4.69, 9.17) is 8.83 Å². The summed E-state index contributed by atoms with van der Waals surface area (Å²) in [6.45, 7) is 0. The van der Waals surface area contributed by atoms with Gasteiger partial charge in [-0.25, -0.2) is 0 Å². The molecule has 314 valence electrons. The first-order valence-corrected chi connectivity index (χ1v) is 22.8. The third-order valence-electron chi connectivity index (χ3n) is 13.3. The Hall–Kier alpha value is -8.92. The van der Waals surface area contributed by atoms with Gasteiger partial charge in [0.25, 0.3) is 0 Å². The maximum Gasteiger partial charge on any atom is 0.159 e. The highest BCUT2D eigenvalue weighted by Crippen LogP contribution is 2.49. The monoisotopic (exact) mass is 855 g/mol. The van der Waals surface area contributed by atoms with Crippen molar-refractivity contribution in [1.82, 2.24) is 0 Å². The summed E-state index contributed by atoms with van der Waals surface area (Å²) < 4.78 is 14.1. The van der Waals surface area contributed by atoms with E-state index in [0.717, 1.165) is 99.9 Å². The van der Waals surface area contributed by atoms with Crippen LogP contribution in [-0.4, -0.2) is 0 Å². The molecule has 13 aromatic rings. The van der Waals surface area contributed by atoms with Crippen LogP contribution in [-0.2, 0) is 0 Å². The number of para-hydroxylation sites is 1. The van der Waals surface area contributed by atoms with Crippen molar-refractivity contribution in [2.75, 3.05) is 4.90 Å². The van der Waals surface area contributed by atoms with Crippen LogP contribution >= 0.6 is 0 Å². The lowest BCUT2D eigenvalue weighted by molar-refractivity contribution is 0.668. The number of furan rings is 2. The Morgan fingerprint density at radius 3 is 1.34 bits per heavy atom. The van der Waals surface area contributed by atoms with Crippen molar-refractivity contribution < 1.29 is 8.83 Å². The van der Waals surface area contributed by atoms with Gasteiger partial charge in [-0.2, -0.15) is 0 Å². The van der Waals surface area contributed by atoms with E-state index in [2.05, 4.69) is 254 Å². The zero-order chi connectivity index (χ0) is 44.3. The average Bonchev–Trinajstić information content (AvgIpc) is 3.98. The predicted molar refractivity (Wildman–Crippen MR) is 280 cm³/mol. The van der Waals surface area contributed by atoms with Gasteiger partial charge in [-0.15, -0.1) is 0 Å². The van der Waals surface area contributed by atoms with Crippen molar-refractivity contribution in [3.05, 3.63) is 249 Å². The van der Waals surface area contributed by atoms with Gasteiger partial charge in [0, 0.05) is 27.4 Å². The van der Waals surface area contributed by atoms with Crippen LogP contribution in [0.15, 0.2) is 258 Å². The van der Waals surface area contributed by atoms with E-state index in [1.54, 1.807) is 0 Å². The molecule has 0 fully saturated rings. The van der Waals surface area contributed by atoms with Crippen molar-refractivity contribution in [3.63, 3.8) is 0 Å². The number of nitrogens with zero attached hydrogens (tertiary/aromatic N) is 1. The van der Waals surface area contributed by atoms with Crippen LogP contribution in [0.25, 0.3) is 110 Å². The van der Waals surface area contributed by atoms with E-state index < -0.39 is 0 Å². The summed E-state index contributed by atoms with van der Waals surface area (Å²) in [6, 6.07) is 88.7. The van der Waals surface area contributed by atoms with E-state index in [-0.39, 0.29) is 0 Å². The summed E-state index contributed by atoms with van der Waals surface area (Å²) in [5.41, 5.74) is 17.6. The quantitative estimate of drug-likeness (QED) is 0.152.